The minimum atomic E-state index is -1.49. The summed E-state index contributed by atoms with van der Waals surface area (Å²) in [6.45, 7) is 7.24. The normalized spacial score (nSPS) is 28.0. The van der Waals surface area contributed by atoms with E-state index >= 15 is 0 Å². The number of hydrogen-bond donors (Lipinski definition) is 21. The summed E-state index contributed by atoms with van der Waals surface area (Å²) in [5, 5.41) is 196. The first kappa shape index (κ1) is 89.4. The smallest absolute Gasteiger partial charge is 0.142 e. The number of aromatic nitrogens is 2. The van der Waals surface area contributed by atoms with E-state index in [4.69, 9.17) is 42.6 Å². The molecule has 8 aromatic carbocycles. The first-order valence-electron chi connectivity index (χ1n) is 41.4. The maximum atomic E-state index is 11.0. The number of aliphatic hydroxyl groups is 16. The van der Waals surface area contributed by atoms with Crippen LogP contribution >= 0.6 is 0 Å². The number of benzene rings is 8. The van der Waals surface area contributed by atoms with Gasteiger partial charge in [-0.25, -0.2) is 4.68 Å². The van der Waals surface area contributed by atoms with Crippen LogP contribution < -0.4 is 39.6 Å². The predicted octanol–water partition coefficient (Wildman–Crippen LogP) is 3.21. The highest BCUT2D eigenvalue weighted by Crippen LogP contribution is 2.44. The van der Waals surface area contributed by atoms with Gasteiger partial charge in [0.2, 0.25) is 0 Å². The number of nitrogens with one attached hydrogen (secondary N) is 3. The van der Waals surface area contributed by atoms with E-state index in [9.17, 15) is 91.9 Å². The molecule has 0 aliphatic carbocycles. The van der Waals surface area contributed by atoms with Gasteiger partial charge in [0, 0.05) is 62.4 Å². The van der Waals surface area contributed by atoms with Gasteiger partial charge in [0.15, 0.2) is 0 Å². The number of nitrogens with zero attached hydrogens (tertiary/aromatic N) is 2. The number of phenolic OH excluding ortho intramolecular Hbond substituents is 2. The van der Waals surface area contributed by atoms with Crippen LogP contribution in [0.4, 0.5) is 17.1 Å². The van der Waals surface area contributed by atoms with E-state index in [1.54, 1.807) is 41.2 Å². The van der Waals surface area contributed by atoms with Crippen LogP contribution in [0.3, 0.4) is 0 Å². The molecule has 20 atom stereocenters. The molecule has 0 radical (unpaired) electrons. The van der Waals surface area contributed by atoms with Gasteiger partial charge in [-0.05, 0) is 179 Å². The minimum Gasteiger partial charge on any atom is -0.508 e. The monoisotopic (exact) mass is 1700 g/mol. The SMILES string of the molecule is CCOc1ccc([C@@H]2O[C@H](CO)[C@@H](O)[C@H](O)[C@H]2O)cc1Cc1ccc2c(c1)NCCO2.Cc1ccc([C@@H]2O[C@H](CO)[C@@H](O)[C@H](O)[C@H]2O)c(O)c1Cc1ccc2c(c1)CCCO2.OC[C@H]1O[C@@H](c2ccc(-n3cccn3)c(Cc3ccc4c(c3)NCCO4)c2)[C@H](O)[C@@H](O)[C@@H]1O.OC[C@H]1O[C@@H](c2ccc(O)c(Cc3ccc4c(c3)NCCO4)c2)[C@H](O)[C@@H](O)[C@@H]1O. The van der Waals surface area contributed by atoms with E-state index in [1.165, 1.54) is 6.07 Å². The van der Waals surface area contributed by atoms with Gasteiger partial charge in [-0.1, -0.05) is 66.7 Å². The van der Waals surface area contributed by atoms with E-state index in [2.05, 4.69) is 33.2 Å². The summed E-state index contributed by atoms with van der Waals surface area (Å²) in [6.07, 6.45) is -17.0. The number of hydrogen-bond acceptors (Lipinski definition) is 31. The molecule has 8 aliphatic heterocycles. The average molecular weight is 1700 g/mol. The van der Waals surface area contributed by atoms with E-state index in [-0.39, 0.29) is 11.5 Å². The van der Waals surface area contributed by atoms with Gasteiger partial charge in [-0.15, -0.1) is 0 Å². The topological polar surface area (TPSA) is 501 Å². The molecule has 1 aromatic heterocycles. The molecule has 4 fully saturated rings. The molecule has 123 heavy (non-hydrogen) atoms. The number of rotatable bonds is 19. The van der Waals surface area contributed by atoms with Crippen molar-refractivity contribution in [2.45, 2.75) is 174 Å². The van der Waals surface area contributed by atoms with E-state index in [0.717, 1.165) is 135 Å². The molecule has 660 valence electrons. The Kier molecular flexibility index (Phi) is 29.4. The van der Waals surface area contributed by atoms with Crippen molar-refractivity contribution in [3.63, 3.8) is 0 Å². The lowest BCUT2D eigenvalue weighted by Gasteiger charge is -2.40. The quantitative estimate of drug-likeness (QED) is 0.0552. The third-order valence-electron chi connectivity index (χ3n) is 23.4. The molecule has 0 bridgehead atoms. The standard InChI is InChI=1S/C24H27N3O6.C23H29NO7.C23H28O7.C21H25NO7/c28-13-20-21(29)22(30)23(31)24(33-20)15-3-4-18(27-8-1-6-26-27)16(12-15)10-14-2-5-19-17(11-14)25-7-9-32-19;1-2-29-17-6-4-14(23-22(28)21(27)20(26)19(12-25)31-23)11-15(17)9-13-3-5-18-16(10-13)24-7-8-30-18;1-12-4-6-15(23-22(28)21(27)20(26)18(11-24)30-23)19(25)16(12)10-13-5-7-17-14(9-13)3-2-8-29-17;23-10-17-18(25)19(26)20(27)21(29-17)12-2-3-15(24)13(9-12)7-11-1-4-16-14(8-11)22-5-6-28-16/h1-6,8,11-12,20-25,28-31H,7,9-10,13H2;3-6,10-11,19-28H,2,7-9,12H2,1H3;4-7,9,18,20-28H,2-3,8,10-11H2,1H3;1-4,8-9,17-27H,5-7,10H2/t20-,21-,22+,23-,24+;19-,20-,21+,22-,23+;18-,20-,21+,22-,23+;17-,18-,19+,20-,21+/m1111/s1. The van der Waals surface area contributed by atoms with E-state index < -0.39 is 149 Å². The Morgan fingerprint density at radius 3 is 1.30 bits per heavy atom. The van der Waals surface area contributed by atoms with Gasteiger partial charge in [0.1, 0.15) is 182 Å². The fraction of sp³-hybridized carbons (Fsp3) is 0.440. The maximum Gasteiger partial charge on any atom is 0.142 e. The van der Waals surface area contributed by atoms with Crippen LogP contribution in [0.5, 0.6) is 40.2 Å². The Bertz CT molecular complexity index is 5020. The van der Waals surface area contributed by atoms with Gasteiger partial charge in [-0.3, -0.25) is 0 Å². The van der Waals surface area contributed by atoms with Crippen molar-refractivity contribution in [3.8, 4) is 45.9 Å². The van der Waals surface area contributed by atoms with Gasteiger partial charge >= 0.3 is 0 Å². The van der Waals surface area contributed by atoms with E-state index in [0.29, 0.717) is 85.5 Å². The highest BCUT2D eigenvalue weighted by Gasteiger charge is 2.48. The maximum absolute atomic E-state index is 11.0. The highest BCUT2D eigenvalue weighted by atomic mass is 16.6. The molecule has 0 amide bonds. The molecule has 32 heteroatoms. The van der Waals surface area contributed by atoms with Crippen molar-refractivity contribution in [1.29, 1.82) is 0 Å². The Hall–Kier alpha value is -9.83. The van der Waals surface area contributed by atoms with Crippen LogP contribution in [0.25, 0.3) is 5.69 Å². The highest BCUT2D eigenvalue weighted by molar-refractivity contribution is 5.63. The van der Waals surface area contributed by atoms with Crippen LogP contribution in [0.2, 0.25) is 0 Å². The molecule has 32 nitrogen and oxygen atoms in total. The molecule has 0 unspecified atom stereocenters. The Morgan fingerprint density at radius 1 is 0.415 bits per heavy atom. The lowest BCUT2D eigenvalue weighted by molar-refractivity contribution is -0.232. The van der Waals surface area contributed by atoms with Crippen molar-refractivity contribution in [1.82, 2.24) is 9.78 Å². The number of aliphatic hydroxyl groups excluding tert-OH is 16. The summed E-state index contributed by atoms with van der Waals surface area (Å²) in [6, 6.07) is 45.0. The van der Waals surface area contributed by atoms with Crippen LogP contribution in [-0.2, 0) is 51.1 Å². The molecule has 17 rings (SSSR count). The zero-order valence-corrected chi connectivity index (χ0v) is 67.9. The van der Waals surface area contributed by atoms with Crippen LogP contribution in [0, 0.1) is 6.92 Å². The number of aromatic hydroxyl groups is 2. The molecule has 9 heterocycles. The molecule has 8 aliphatic rings. The van der Waals surface area contributed by atoms with Gasteiger partial charge in [0.05, 0.1) is 62.4 Å². The third kappa shape index (κ3) is 20.1. The second-order valence-corrected chi connectivity index (χ2v) is 31.7. The second-order valence-electron chi connectivity index (χ2n) is 31.7. The summed E-state index contributed by atoms with van der Waals surface area (Å²) in [4.78, 5) is 0. The van der Waals surface area contributed by atoms with Crippen molar-refractivity contribution in [3.05, 3.63) is 236 Å². The zero-order valence-electron chi connectivity index (χ0n) is 67.9. The van der Waals surface area contributed by atoms with Crippen molar-refractivity contribution >= 4 is 17.1 Å². The molecular weight excluding hydrogens is 1600 g/mol. The Labute approximate surface area is 709 Å². The number of phenols is 2. The average Bonchev–Trinajstić information content (AvgIpc) is 1.51. The van der Waals surface area contributed by atoms with Gasteiger partial charge in [0.25, 0.3) is 0 Å². The summed E-state index contributed by atoms with van der Waals surface area (Å²) in [7, 11) is 0. The summed E-state index contributed by atoms with van der Waals surface area (Å²) >= 11 is 0. The Morgan fingerprint density at radius 2 is 0.829 bits per heavy atom. The molecule has 9 aromatic rings. The summed E-state index contributed by atoms with van der Waals surface area (Å²) in [5.41, 5.74) is 15.1. The Balaban J connectivity index is 0.000000134. The molecule has 4 saturated heterocycles. The number of ether oxygens (including phenoxy) is 9. The number of anilines is 3. The minimum absolute atomic E-state index is 0.0201. The largest absolute Gasteiger partial charge is 0.508 e. The number of aryl methyl sites for hydroxylation is 2. The van der Waals surface area contributed by atoms with Crippen LogP contribution in [0.1, 0.15) is 116 Å². The first-order valence-corrected chi connectivity index (χ1v) is 41.4. The fourth-order valence-electron chi connectivity index (χ4n) is 16.7. The summed E-state index contributed by atoms with van der Waals surface area (Å²) < 4.78 is 52.9. The second kappa shape index (κ2) is 40.4. The van der Waals surface area contributed by atoms with Crippen molar-refractivity contribution in [2.75, 3.05) is 95.0 Å². The predicted molar refractivity (Wildman–Crippen MR) is 446 cm³/mol. The molecule has 21 N–H and O–H groups in total. The summed E-state index contributed by atoms with van der Waals surface area (Å²) in [5.74, 6) is 4.15. The van der Waals surface area contributed by atoms with Crippen molar-refractivity contribution in [2.24, 2.45) is 0 Å². The number of fused-ring (bicyclic) bond motifs is 4. The fourth-order valence-corrected chi connectivity index (χ4v) is 16.7. The van der Waals surface area contributed by atoms with Crippen LogP contribution in [-0.4, -0.2) is 278 Å². The van der Waals surface area contributed by atoms with Gasteiger partial charge < -0.3 is 150 Å². The first-order chi connectivity index (χ1) is 59.4. The van der Waals surface area contributed by atoms with Gasteiger partial charge in [-0.2, -0.15) is 5.10 Å². The molecular formula is C91H109N5O27. The lowest BCUT2D eigenvalue weighted by atomic mass is 9.88. The van der Waals surface area contributed by atoms with Crippen molar-refractivity contribution < 1.29 is 135 Å². The zero-order chi connectivity index (χ0) is 86.9. The molecule has 0 saturated carbocycles. The van der Waals surface area contributed by atoms with E-state index in [1.807, 2.05) is 117 Å². The molecule has 0 spiro atoms. The van der Waals surface area contributed by atoms with Crippen LogP contribution in [0.15, 0.2) is 158 Å². The third-order valence-corrected chi connectivity index (χ3v) is 23.4. The lowest BCUT2D eigenvalue weighted by Crippen LogP contribution is -2.55.